The second-order valence-electron chi connectivity index (χ2n) is 12.3. The first-order valence-electron chi connectivity index (χ1n) is 16.3. The fraction of sp³-hybridized carbons (Fsp3) is 0. The van der Waals surface area contributed by atoms with E-state index in [4.69, 9.17) is 0 Å². The van der Waals surface area contributed by atoms with Crippen molar-refractivity contribution in [2.75, 3.05) is 0 Å². The van der Waals surface area contributed by atoms with Crippen LogP contribution in [0.3, 0.4) is 0 Å². The number of rotatable bonds is 4. The van der Waals surface area contributed by atoms with Gasteiger partial charge in [0, 0.05) is 32.7 Å². The van der Waals surface area contributed by atoms with E-state index in [0.29, 0.717) is 22.3 Å². The number of para-hydroxylation sites is 4. The van der Waals surface area contributed by atoms with E-state index in [2.05, 4.69) is 88.0 Å². The van der Waals surface area contributed by atoms with Gasteiger partial charge >= 0.3 is 0 Å². The first kappa shape index (κ1) is 28.8. The number of benzene rings is 7. The Morgan fingerprint density at radius 3 is 1.64 bits per heavy atom. The molecule has 0 saturated heterocycles. The zero-order valence-electron chi connectivity index (χ0n) is 26.7. The van der Waals surface area contributed by atoms with Crippen LogP contribution in [0, 0.1) is 34.0 Å². The molecular formula is C45H25N5. The van der Waals surface area contributed by atoms with Gasteiger partial charge in [-0.3, -0.25) is 0 Å². The highest BCUT2D eigenvalue weighted by Gasteiger charge is 2.21. The van der Waals surface area contributed by atoms with E-state index in [1.807, 2.05) is 91.0 Å². The Kier molecular flexibility index (Phi) is 6.56. The molecule has 230 valence electrons. The van der Waals surface area contributed by atoms with E-state index in [9.17, 15) is 15.8 Å². The van der Waals surface area contributed by atoms with Crippen molar-refractivity contribution >= 4 is 43.6 Å². The van der Waals surface area contributed by atoms with Gasteiger partial charge in [0.05, 0.1) is 62.3 Å². The lowest BCUT2D eigenvalue weighted by Crippen LogP contribution is -2.02. The van der Waals surface area contributed by atoms with Gasteiger partial charge < -0.3 is 9.13 Å². The average Bonchev–Trinajstić information content (AvgIpc) is 3.69. The number of aromatic nitrogens is 2. The van der Waals surface area contributed by atoms with E-state index in [-0.39, 0.29) is 0 Å². The van der Waals surface area contributed by atoms with Gasteiger partial charge in [0.15, 0.2) is 0 Å². The summed E-state index contributed by atoms with van der Waals surface area (Å²) >= 11 is 0. The maximum absolute atomic E-state index is 10.8. The maximum Gasteiger partial charge on any atom is 0.102 e. The van der Waals surface area contributed by atoms with Crippen LogP contribution in [0.4, 0.5) is 0 Å². The van der Waals surface area contributed by atoms with Crippen LogP contribution < -0.4 is 0 Å². The van der Waals surface area contributed by atoms with Crippen molar-refractivity contribution in [3.05, 3.63) is 168 Å². The third-order valence-electron chi connectivity index (χ3n) is 9.65. The molecule has 5 nitrogen and oxygen atoms in total. The Bertz CT molecular complexity index is 2920. The largest absolute Gasteiger partial charge is 0.309 e. The van der Waals surface area contributed by atoms with Gasteiger partial charge in [-0.05, 0) is 71.8 Å². The number of hydrogen-bond donors (Lipinski definition) is 0. The van der Waals surface area contributed by atoms with Crippen LogP contribution in [0.1, 0.15) is 16.7 Å². The van der Waals surface area contributed by atoms with Crippen LogP contribution in [0.25, 0.3) is 77.2 Å². The third-order valence-corrected chi connectivity index (χ3v) is 9.65. The topological polar surface area (TPSA) is 81.2 Å². The average molecular weight is 636 g/mol. The molecule has 0 aliphatic rings. The zero-order valence-corrected chi connectivity index (χ0v) is 26.7. The molecule has 0 atom stereocenters. The van der Waals surface area contributed by atoms with E-state index < -0.39 is 0 Å². The molecule has 9 rings (SSSR count). The van der Waals surface area contributed by atoms with Crippen LogP contribution >= 0.6 is 0 Å². The van der Waals surface area contributed by atoms with Gasteiger partial charge in [-0.15, -0.1) is 0 Å². The van der Waals surface area contributed by atoms with E-state index in [1.54, 1.807) is 0 Å². The van der Waals surface area contributed by atoms with Crippen molar-refractivity contribution in [3.63, 3.8) is 0 Å². The van der Waals surface area contributed by atoms with Crippen molar-refractivity contribution in [2.45, 2.75) is 0 Å². The monoisotopic (exact) mass is 635 g/mol. The number of fused-ring (bicyclic) bond motifs is 6. The Labute approximate surface area is 287 Å². The van der Waals surface area contributed by atoms with Crippen molar-refractivity contribution in [1.82, 2.24) is 9.13 Å². The summed E-state index contributed by atoms with van der Waals surface area (Å²) in [7, 11) is 0. The van der Waals surface area contributed by atoms with Crippen molar-refractivity contribution < 1.29 is 0 Å². The molecule has 0 amide bonds. The number of nitriles is 3. The molecule has 0 saturated carbocycles. The predicted molar refractivity (Wildman–Crippen MR) is 200 cm³/mol. The third kappa shape index (κ3) is 4.24. The molecule has 0 aliphatic heterocycles. The minimum Gasteiger partial charge on any atom is -0.309 e. The Morgan fingerprint density at radius 1 is 0.400 bits per heavy atom. The maximum atomic E-state index is 10.8. The van der Waals surface area contributed by atoms with Crippen LogP contribution in [0.15, 0.2) is 152 Å². The molecular weight excluding hydrogens is 611 g/mol. The molecule has 0 unspecified atom stereocenters. The normalized spacial score (nSPS) is 11.1. The molecule has 0 N–H and O–H groups in total. The summed E-state index contributed by atoms with van der Waals surface area (Å²) in [5, 5.41) is 35.1. The Hall–Kier alpha value is -7.39. The van der Waals surface area contributed by atoms with Gasteiger partial charge in [0.25, 0.3) is 0 Å². The minimum atomic E-state index is 0.437. The van der Waals surface area contributed by atoms with Crippen LogP contribution in [-0.2, 0) is 0 Å². The summed E-state index contributed by atoms with van der Waals surface area (Å²) in [4.78, 5) is 0. The first-order valence-corrected chi connectivity index (χ1v) is 16.3. The molecule has 0 bridgehead atoms. The molecule has 7 aromatic carbocycles. The fourth-order valence-corrected chi connectivity index (χ4v) is 7.52. The number of hydrogen-bond acceptors (Lipinski definition) is 3. The summed E-state index contributed by atoms with van der Waals surface area (Å²) in [5.41, 5.74) is 10.6. The fourth-order valence-electron chi connectivity index (χ4n) is 7.52. The zero-order chi connectivity index (χ0) is 33.8. The first-order chi connectivity index (χ1) is 24.7. The molecule has 5 heteroatoms. The molecule has 0 aliphatic carbocycles. The van der Waals surface area contributed by atoms with Crippen molar-refractivity contribution in [3.8, 4) is 51.8 Å². The van der Waals surface area contributed by atoms with Gasteiger partial charge in [-0.25, -0.2) is 0 Å². The van der Waals surface area contributed by atoms with Crippen molar-refractivity contribution in [1.29, 1.82) is 15.8 Å². The summed E-state index contributed by atoms with van der Waals surface area (Å²) in [6.07, 6.45) is 0. The Balaban J connectivity index is 1.27. The highest BCUT2D eigenvalue weighted by Crippen LogP contribution is 2.40. The molecule has 0 fully saturated rings. The standard InChI is InChI=1S/C45H25N5/c46-26-29-20-22-43-37(24-29)36-15-4-8-19-42(36)49(43)39-16-5-1-12-33(39)30-10-9-11-31(25-30)45-32(27-47)21-23-44(38(45)28-48)50-40-17-6-2-13-34(40)35-14-3-7-18-41(35)50/h1-25H. The van der Waals surface area contributed by atoms with Crippen LogP contribution in [-0.4, -0.2) is 9.13 Å². The van der Waals surface area contributed by atoms with E-state index >= 15 is 0 Å². The van der Waals surface area contributed by atoms with Gasteiger partial charge in [-0.1, -0.05) is 91.0 Å². The molecule has 2 heterocycles. The molecule has 2 aromatic heterocycles. The second-order valence-corrected chi connectivity index (χ2v) is 12.3. The van der Waals surface area contributed by atoms with Crippen LogP contribution in [0.2, 0.25) is 0 Å². The lowest BCUT2D eigenvalue weighted by Gasteiger charge is -2.17. The van der Waals surface area contributed by atoms with Gasteiger partial charge in [-0.2, -0.15) is 15.8 Å². The minimum absolute atomic E-state index is 0.437. The summed E-state index contributed by atoms with van der Waals surface area (Å²) in [6.45, 7) is 0. The smallest absolute Gasteiger partial charge is 0.102 e. The van der Waals surface area contributed by atoms with Crippen LogP contribution in [0.5, 0.6) is 0 Å². The highest BCUT2D eigenvalue weighted by molar-refractivity contribution is 6.11. The van der Waals surface area contributed by atoms with E-state index in [1.165, 1.54) is 0 Å². The predicted octanol–water partition coefficient (Wildman–Crippen LogP) is 10.8. The summed E-state index contributed by atoms with van der Waals surface area (Å²) in [6, 6.07) is 57.7. The van der Waals surface area contributed by atoms with Gasteiger partial charge in [0.2, 0.25) is 0 Å². The van der Waals surface area contributed by atoms with Crippen molar-refractivity contribution in [2.24, 2.45) is 0 Å². The number of nitrogens with zero attached hydrogens (tertiary/aromatic N) is 5. The molecule has 50 heavy (non-hydrogen) atoms. The highest BCUT2D eigenvalue weighted by atomic mass is 15.0. The summed E-state index contributed by atoms with van der Waals surface area (Å²) < 4.78 is 4.38. The molecule has 9 aromatic rings. The second kappa shape index (κ2) is 11.4. The van der Waals surface area contributed by atoms with E-state index in [0.717, 1.165) is 71.7 Å². The lowest BCUT2D eigenvalue weighted by atomic mass is 9.91. The molecule has 0 spiro atoms. The molecule has 0 radical (unpaired) electrons. The quantitative estimate of drug-likeness (QED) is 0.193. The summed E-state index contributed by atoms with van der Waals surface area (Å²) in [5.74, 6) is 0. The Morgan fingerprint density at radius 2 is 0.980 bits per heavy atom. The lowest BCUT2D eigenvalue weighted by molar-refractivity contribution is 1.17. The SMILES string of the molecule is N#Cc1ccc2c(c1)c1ccccc1n2-c1ccccc1-c1cccc(-c2c(C#N)ccc(-n3c4ccccc4c4ccccc43)c2C#N)c1. The van der Waals surface area contributed by atoms with Gasteiger partial charge in [0.1, 0.15) is 6.07 Å².